The number of rotatable bonds is 13. The summed E-state index contributed by atoms with van der Waals surface area (Å²) in [7, 11) is 1.60. The van der Waals surface area contributed by atoms with Crippen LogP contribution in [0.2, 0.25) is 0 Å². The van der Waals surface area contributed by atoms with Crippen molar-refractivity contribution < 1.29 is 19.0 Å². The van der Waals surface area contributed by atoms with Crippen LogP contribution in [0.3, 0.4) is 0 Å². The number of aromatic nitrogens is 5. The zero-order valence-electron chi connectivity index (χ0n) is 27.4. The number of hydrogen-bond acceptors (Lipinski definition) is 9. The summed E-state index contributed by atoms with van der Waals surface area (Å²) >= 11 is 1.26. The van der Waals surface area contributed by atoms with Gasteiger partial charge in [0, 0.05) is 30.4 Å². The van der Waals surface area contributed by atoms with Gasteiger partial charge in [0.15, 0.2) is 0 Å². The van der Waals surface area contributed by atoms with E-state index in [-0.39, 0.29) is 31.0 Å². The van der Waals surface area contributed by atoms with Crippen LogP contribution < -0.4 is 21.3 Å². The van der Waals surface area contributed by atoms with Gasteiger partial charge in [-0.25, -0.2) is 9.36 Å². The molecule has 1 aromatic carbocycles. The van der Waals surface area contributed by atoms with E-state index >= 15 is 0 Å². The molecule has 1 amide bonds. The number of nitrogens with one attached hydrogen (secondary N) is 1. The first kappa shape index (κ1) is 33.6. The van der Waals surface area contributed by atoms with Gasteiger partial charge in [-0.1, -0.05) is 50.3 Å². The van der Waals surface area contributed by atoms with Crippen molar-refractivity contribution in [3.63, 3.8) is 0 Å². The lowest BCUT2D eigenvalue weighted by Crippen LogP contribution is -2.58. The fourth-order valence-electron chi connectivity index (χ4n) is 6.05. The van der Waals surface area contributed by atoms with Crippen molar-refractivity contribution in [2.24, 2.45) is 0 Å². The van der Waals surface area contributed by atoms with E-state index in [0.29, 0.717) is 52.6 Å². The molecule has 1 fully saturated rings. The molecule has 4 heterocycles. The van der Waals surface area contributed by atoms with Crippen LogP contribution in [0.5, 0.6) is 5.75 Å². The molecule has 1 aliphatic rings. The largest absolute Gasteiger partial charge is 0.496 e. The van der Waals surface area contributed by atoms with Gasteiger partial charge in [0.1, 0.15) is 27.2 Å². The molecule has 2 atom stereocenters. The molecule has 248 valence electrons. The van der Waals surface area contributed by atoms with Gasteiger partial charge in [-0.3, -0.25) is 14.2 Å². The SMILES string of the molecule is CCC(CC)NC(=O)C(C)(CC)n1c(=O)c2c(C)c(-n3nccn3)sc2n(C[C@H](OC2CCOCC2)c2ccccc2OC)c1=O. The summed E-state index contributed by atoms with van der Waals surface area (Å²) in [5.41, 5.74) is -1.15. The highest BCUT2D eigenvalue weighted by molar-refractivity contribution is 7.21. The van der Waals surface area contributed by atoms with E-state index in [4.69, 9.17) is 14.2 Å². The van der Waals surface area contributed by atoms with Crippen molar-refractivity contribution in [1.82, 2.24) is 29.4 Å². The van der Waals surface area contributed by atoms with Gasteiger partial charge >= 0.3 is 5.69 Å². The maximum Gasteiger partial charge on any atom is 0.333 e. The van der Waals surface area contributed by atoms with Crippen molar-refractivity contribution >= 4 is 27.5 Å². The van der Waals surface area contributed by atoms with Crippen molar-refractivity contribution in [2.75, 3.05) is 20.3 Å². The molecule has 0 radical (unpaired) electrons. The second-order valence-corrected chi connectivity index (χ2v) is 12.8. The zero-order valence-corrected chi connectivity index (χ0v) is 28.3. The van der Waals surface area contributed by atoms with Gasteiger partial charge in [-0.15, -0.1) is 4.80 Å². The number of hydrogen-bond donors (Lipinski definition) is 1. The monoisotopic (exact) mass is 652 g/mol. The minimum Gasteiger partial charge on any atom is -0.496 e. The summed E-state index contributed by atoms with van der Waals surface area (Å²) < 4.78 is 20.8. The van der Waals surface area contributed by atoms with Crippen LogP contribution in [0.25, 0.3) is 15.2 Å². The summed E-state index contributed by atoms with van der Waals surface area (Å²) in [5.74, 6) is 0.263. The molecule has 12 nitrogen and oxygen atoms in total. The average molecular weight is 653 g/mol. The Kier molecular flexibility index (Phi) is 10.4. The Morgan fingerprint density at radius 1 is 1.13 bits per heavy atom. The number of aryl methyl sites for hydroxylation is 1. The number of nitrogens with zero attached hydrogens (tertiary/aromatic N) is 5. The molecule has 0 spiro atoms. The first-order chi connectivity index (χ1) is 22.2. The first-order valence-corrected chi connectivity index (χ1v) is 16.8. The van der Waals surface area contributed by atoms with E-state index in [1.165, 1.54) is 16.1 Å². The van der Waals surface area contributed by atoms with Gasteiger partial charge in [-0.2, -0.15) is 10.2 Å². The number of carbonyl (C=O) groups excluding carboxylic acids is 1. The number of methoxy groups -OCH3 is 1. The van der Waals surface area contributed by atoms with Gasteiger partial charge in [0.25, 0.3) is 5.56 Å². The third kappa shape index (κ3) is 6.27. The summed E-state index contributed by atoms with van der Waals surface area (Å²) in [4.78, 5) is 45.1. The number of benzene rings is 1. The number of ether oxygens (including phenoxy) is 3. The highest BCUT2D eigenvalue weighted by Crippen LogP contribution is 2.35. The molecule has 1 unspecified atom stereocenters. The predicted octanol–water partition coefficient (Wildman–Crippen LogP) is 4.49. The second kappa shape index (κ2) is 14.3. The van der Waals surface area contributed by atoms with Gasteiger partial charge in [0.05, 0.1) is 37.5 Å². The average Bonchev–Trinajstić information content (AvgIpc) is 3.73. The zero-order chi connectivity index (χ0) is 33.0. The Labute approximate surface area is 272 Å². The van der Waals surface area contributed by atoms with Crippen LogP contribution in [0.4, 0.5) is 0 Å². The molecule has 13 heteroatoms. The number of para-hydroxylation sites is 1. The number of carbonyl (C=O) groups is 1. The number of amides is 1. The highest BCUT2D eigenvalue weighted by atomic mass is 32.1. The third-order valence-electron chi connectivity index (χ3n) is 9.14. The predicted molar refractivity (Wildman–Crippen MR) is 177 cm³/mol. The quantitative estimate of drug-likeness (QED) is 0.224. The maximum absolute atomic E-state index is 14.8. The van der Waals surface area contributed by atoms with E-state index < -0.39 is 22.9 Å². The molecule has 1 N–H and O–H groups in total. The Bertz CT molecular complexity index is 1770. The molecule has 0 saturated carbocycles. The topological polar surface area (TPSA) is 132 Å². The normalized spacial score (nSPS) is 16.1. The lowest BCUT2D eigenvalue weighted by atomic mass is 9.95. The van der Waals surface area contributed by atoms with E-state index in [1.54, 1.807) is 31.0 Å². The molecule has 0 aliphatic carbocycles. The maximum atomic E-state index is 14.8. The highest BCUT2D eigenvalue weighted by Gasteiger charge is 2.39. The molecule has 46 heavy (non-hydrogen) atoms. The van der Waals surface area contributed by atoms with E-state index in [0.717, 1.165) is 23.0 Å². The Hall–Kier alpha value is -3.81. The minimum atomic E-state index is -1.45. The Morgan fingerprint density at radius 3 is 2.43 bits per heavy atom. The van der Waals surface area contributed by atoms with Crippen LogP contribution in [0.15, 0.2) is 46.2 Å². The molecule has 1 saturated heterocycles. The first-order valence-electron chi connectivity index (χ1n) is 16.0. The summed E-state index contributed by atoms with van der Waals surface area (Å²) in [5, 5.41) is 12.6. The number of thiophene rings is 1. The van der Waals surface area contributed by atoms with E-state index in [9.17, 15) is 14.4 Å². The molecule has 4 aromatic rings. The molecule has 3 aromatic heterocycles. The minimum absolute atomic E-state index is 0.0766. The van der Waals surface area contributed by atoms with Gasteiger partial charge < -0.3 is 19.5 Å². The van der Waals surface area contributed by atoms with Crippen LogP contribution in [-0.2, 0) is 26.4 Å². The van der Waals surface area contributed by atoms with Crippen LogP contribution in [0.1, 0.15) is 77.0 Å². The summed E-state index contributed by atoms with van der Waals surface area (Å²) in [6.07, 6.45) is 5.54. The molecule has 1 aliphatic heterocycles. The van der Waals surface area contributed by atoms with E-state index in [2.05, 4.69) is 15.5 Å². The molecule has 0 bridgehead atoms. The lowest BCUT2D eigenvalue weighted by Gasteiger charge is -2.32. The number of fused-ring (bicyclic) bond motifs is 1. The molecule has 5 rings (SSSR count). The summed E-state index contributed by atoms with van der Waals surface area (Å²) in [6.45, 7) is 10.6. The summed E-state index contributed by atoms with van der Waals surface area (Å²) in [6, 6.07) is 7.50. The Balaban J connectivity index is 1.76. The standard InChI is InChI=1S/C33H44N6O6S/c1-7-22(8-2)36-31(41)33(5,9-3)38-28(40)27-21(4)29(39-34-16-17-35-39)46-30(27)37(32(38)42)20-26(45-23-14-18-44-19-15-23)24-12-10-11-13-25(24)43-6/h10-13,16-17,22-23,26H,7-9,14-15,18-20H2,1-6H3,(H,36,41)/t26-,33?/m0/s1. The second-order valence-electron chi connectivity index (χ2n) is 11.9. The van der Waals surface area contributed by atoms with E-state index in [1.807, 2.05) is 52.0 Å². The Morgan fingerprint density at radius 2 is 1.80 bits per heavy atom. The van der Waals surface area contributed by atoms with Crippen LogP contribution in [0, 0.1) is 6.92 Å². The van der Waals surface area contributed by atoms with Crippen molar-refractivity contribution in [3.05, 3.63) is 68.6 Å². The molecular weight excluding hydrogens is 608 g/mol. The fraction of sp³-hybridized carbons (Fsp3) is 0.545. The lowest BCUT2D eigenvalue weighted by molar-refractivity contribution is -0.130. The van der Waals surface area contributed by atoms with Crippen LogP contribution >= 0.6 is 11.3 Å². The molecular formula is C33H44N6O6S. The van der Waals surface area contributed by atoms with Gasteiger partial charge in [-0.05, 0) is 52.0 Å². The van der Waals surface area contributed by atoms with Crippen molar-refractivity contribution in [1.29, 1.82) is 0 Å². The third-order valence-corrected chi connectivity index (χ3v) is 10.4. The smallest absolute Gasteiger partial charge is 0.333 e. The van der Waals surface area contributed by atoms with Gasteiger partial charge in [0.2, 0.25) is 5.91 Å². The fourth-order valence-corrected chi connectivity index (χ4v) is 7.27. The van der Waals surface area contributed by atoms with Crippen molar-refractivity contribution in [3.8, 4) is 10.8 Å². The van der Waals surface area contributed by atoms with Crippen LogP contribution in [-0.4, -0.2) is 62.5 Å². The van der Waals surface area contributed by atoms with Crippen molar-refractivity contribution in [2.45, 2.75) is 97.1 Å².